The van der Waals surface area contributed by atoms with Crippen molar-refractivity contribution in [1.29, 1.82) is 0 Å². The van der Waals surface area contributed by atoms with Gasteiger partial charge in [-0.25, -0.2) is 0 Å². The number of nitrogens with one attached hydrogen (secondary N) is 1. The molecule has 0 aromatic rings. The zero-order valence-electron chi connectivity index (χ0n) is 12.5. The lowest BCUT2D eigenvalue weighted by molar-refractivity contribution is 0.0790. The summed E-state index contributed by atoms with van der Waals surface area (Å²) in [5.41, 5.74) is 0. The van der Waals surface area contributed by atoms with E-state index in [1.54, 1.807) is 0 Å². The van der Waals surface area contributed by atoms with Gasteiger partial charge in [-0.2, -0.15) is 0 Å². The molecular formula is C15H31N3. The van der Waals surface area contributed by atoms with Crippen LogP contribution in [-0.2, 0) is 0 Å². The lowest BCUT2D eigenvalue weighted by Gasteiger charge is -2.43. The summed E-state index contributed by atoms with van der Waals surface area (Å²) in [4.78, 5) is 5.36. The molecule has 2 rings (SSSR count). The van der Waals surface area contributed by atoms with Crippen molar-refractivity contribution in [3.05, 3.63) is 0 Å². The lowest BCUT2D eigenvalue weighted by atomic mass is 9.88. The maximum absolute atomic E-state index is 3.57. The molecule has 1 saturated carbocycles. The molecule has 1 saturated heterocycles. The van der Waals surface area contributed by atoms with Gasteiger partial charge in [0.15, 0.2) is 0 Å². The minimum absolute atomic E-state index is 0.719. The first-order valence-corrected chi connectivity index (χ1v) is 7.87. The molecule has 0 radical (unpaired) electrons. The Morgan fingerprint density at radius 1 is 1.11 bits per heavy atom. The summed E-state index contributed by atoms with van der Waals surface area (Å²) in [5, 5.41) is 3.57. The van der Waals surface area contributed by atoms with E-state index in [-0.39, 0.29) is 0 Å². The minimum atomic E-state index is 0.719. The van der Waals surface area contributed by atoms with Crippen molar-refractivity contribution in [3.63, 3.8) is 0 Å². The van der Waals surface area contributed by atoms with Gasteiger partial charge in [-0.1, -0.05) is 19.8 Å². The Morgan fingerprint density at radius 3 is 2.61 bits per heavy atom. The Bertz CT molecular complexity index is 244. The van der Waals surface area contributed by atoms with Crippen LogP contribution in [0.2, 0.25) is 0 Å². The van der Waals surface area contributed by atoms with Gasteiger partial charge in [0.05, 0.1) is 0 Å². The molecule has 0 spiro atoms. The van der Waals surface area contributed by atoms with Crippen LogP contribution in [0.5, 0.6) is 0 Å². The second-order valence-electron chi connectivity index (χ2n) is 6.16. The van der Waals surface area contributed by atoms with Crippen LogP contribution in [0.15, 0.2) is 0 Å². The van der Waals surface area contributed by atoms with Gasteiger partial charge < -0.3 is 10.2 Å². The minimum Gasteiger partial charge on any atom is -0.315 e. The normalized spacial score (nSPS) is 36.5. The topological polar surface area (TPSA) is 18.5 Å². The maximum Gasteiger partial charge on any atom is 0.0252 e. The Balaban J connectivity index is 2.07. The van der Waals surface area contributed by atoms with E-state index >= 15 is 0 Å². The number of hydrogen-bond donors (Lipinski definition) is 1. The second kappa shape index (κ2) is 6.88. The molecule has 1 aliphatic heterocycles. The molecule has 0 amide bonds. The maximum atomic E-state index is 3.57. The molecule has 106 valence electrons. The molecule has 3 heteroatoms. The van der Waals surface area contributed by atoms with E-state index in [1.165, 1.54) is 58.2 Å². The summed E-state index contributed by atoms with van der Waals surface area (Å²) in [6.45, 7) is 6.17. The molecule has 3 unspecified atom stereocenters. The fourth-order valence-electron chi connectivity index (χ4n) is 3.91. The third-order valence-corrected chi connectivity index (χ3v) is 4.95. The van der Waals surface area contributed by atoms with Crippen molar-refractivity contribution < 1.29 is 0 Å². The molecule has 1 aliphatic carbocycles. The SMILES string of the molecule is CCC1CN(C)CCCN1C1CCCCC1NC. The summed E-state index contributed by atoms with van der Waals surface area (Å²) < 4.78 is 0. The Kier molecular flexibility index (Phi) is 5.46. The monoisotopic (exact) mass is 253 g/mol. The average Bonchev–Trinajstić information content (AvgIpc) is 2.60. The van der Waals surface area contributed by atoms with Crippen LogP contribution in [0.25, 0.3) is 0 Å². The zero-order chi connectivity index (χ0) is 13.0. The molecule has 0 aromatic carbocycles. The van der Waals surface area contributed by atoms with E-state index in [4.69, 9.17) is 0 Å². The van der Waals surface area contributed by atoms with Crippen LogP contribution in [0.4, 0.5) is 0 Å². The fourth-order valence-corrected chi connectivity index (χ4v) is 3.91. The van der Waals surface area contributed by atoms with Crippen molar-refractivity contribution in [2.24, 2.45) is 0 Å². The van der Waals surface area contributed by atoms with Gasteiger partial charge in [-0.15, -0.1) is 0 Å². The number of hydrogen-bond acceptors (Lipinski definition) is 3. The quantitative estimate of drug-likeness (QED) is 0.829. The molecular weight excluding hydrogens is 222 g/mol. The lowest BCUT2D eigenvalue weighted by Crippen LogP contribution is -2.55. The molecule has 3 atom stereocenters. The van der Waals surface area contributed by atoms with Gasteiger partial charge in [-0.05, 0) is 46.3 Å². The van der Waals surface area contributed by atoms with Crippen LogP contribution in [0, 0.1) is 0 Å². The molecule has 1 heterocycles. The van der Waals surface area contributed by atoms with Crippen LogP contribution >= 0.6 is 0 Å². The van der Waals surface area contributed by atoms with Gasteiger partial charge in [0.2, 0.25) is 0 Å². The number of nitrogens with zero attached hydrogens (tertiary/aromatic N) is 2. The fraction of sp³-hybridized carbons (Fsp3) is 1.00. The van der Waals surface area contributed by atoms with Gasteiger partial charge in [0.1, 0.15) is 0 Å². The Labute approximate surface area is 113 Å². The van der Waals surface area contributed by atoms with Gasteiger partial charge in [0.25, 0.3) is 0 Å². The Morgan fingerprint density at radius 2 is 1.89 bits per heavy atom. The van der Waals surface area contributed by atoms with E-state index in [0.717, 1.165) is 18.1 Å². The van der Waals surface area contributed by atoms with Crippen molar-refractivity contribution in [2.45, 2.75) is 63.6 Å². The number of rotatable bonds is 3. The van der Waals surface area contributed by atoms with Crippen molar-refractivity contribution >= 4 is 0 Å². The highest BCUT2D eigenvalue weighted by molar-refractivity contribution is 4.92. The molecule has 2 aliphatic rings. The summed E-state index contributed by atoms with van der Waals surface area (Å²) >= 11 is 0. The van der Waals surface area contributed by atoms with Crippen LogP contribution < -0.4 is 5.32 Å². The third-order valence-electron chi connectivity index (χ3n) is 4.95. The largest absolute Gasteiger partial charge is 0.315 e. The summed E-state index contributed by atoms with van der Waals surface area (Å²) in [6.07, 6.45) is 8.21. The highest BCUT2D eigenvalue weighted by Crippen LogP contribution is 2.27. The second-order valence-corrected chi connectivity index (χ2v) is 6.16. The van der Waals surface area contributed by atoms with Crippen molar-refractivity contribution in [3.8, 4) is 0 Å². The first-order chi connectivity index (χ1) is 8.76. The zero-order valence-corrected chi connectivity index (χ0v) is 12.5. The van der Waals surface area contributed by atoms with Crippen molar-refractivity contribution in [2.75, 3.05) is 33.7 Å². The highest BCUT2D eigenvalue weighted by Gasteiger charge is 2.33. The summed E-state index contributed by atoms with van der Waals surface area (Å²) in [7, 11) is 4.43. The van der Waals surface area contributed by atoms with Gasteiger partial charge >= 0.3 is 0 Å². The standard InChI is InChI=1S/C15H31N3/c1-4-13-12-17(3)10-7-11-18(13)15-9-6-5-8-14(15)16-2/h13-16H,4-12H2,1-3H3. The van der Waals surface area contributed by atoms with Crippen LogP contribution in [0.3, 0.4) is 0 Å². The number of likely N-dealkylation sites (N-methyl/N-ethyl adjacent to an activating group) is 2. The van der Waals surface area contributed by atoms with E-state index in [9.17, 15) is 0 Å². The molecule has 1 N–H and O–H groups in total. The van der Waals surface area contributed by atoms with Gasteiger partial charge in [0, 0.05) is 31.2 Å². The first kappa shape index (κ1) is 14.3. The molecule has 2 fully saturated rings. The molecule has 0 aromatic heterocycles. The molecule has 0 bridgehead atoms. The van der Waals surface area contributed by atoms with Crippen molar-refractivity contribution in [1.82, 2.24) is 15.1 Å². The van der Waals surface area contributed by atoms with Gasteiger partial charge in [-0.3, -0.25) is 4.90 Å². The predicted molar refractivity (Wildman–Crippen MR) is 78.0 cm³/mol. The smallest absolute Gasteiger partial charge is 0.0252 e. The summed E-state index contributed by atoms with van der Waals surface area (Å²) in [5.74, 6) is 0. The van der Waals surface area contributed by atoms with E-state index in [0.29, 0.717) is 0 Å². The van der Waals surface area contributed by atoms with E-state index in [2.05, 4.69) is 36.1 Å². The van der Waals surface area contributed by atoms with Crippen LogP contribution in [-0.4, -0.2) is 61.7 Å². The summed E-state index contributed by atoms with van der Waals surface area (Å²) in [6, 6.07) is 2.26. The predicted octanol–water partition coefficient (Wildman–Crippen LogP) is 1.93. The Hall–Kier alpha value is -0.120. The first-order valence-electron chi connectivity index (χ1n) is 7.87. The third kappa shape index (κ3) is 3.25. The van der Waals surface area contributed by atoms with E-state index < -0.39 is 0 Å². The van der Waals surface area contributed by atoms with E-state index in [1.807, 2.05) is 0 Å². The van der Waals surface area contributed by atoms with Crippen LogP contribution in [0.1, 0.15) is 45.4 Å². The molecule has 3 nitrogen and oxygen atoms in total. The highest BCUT2D eigenvalue weighted by atomic mass is 15.3. The molecule has 18 heavy (non-hydrogen) atoms. The average molecular weight is 253 g/mol.